The fourth-order valence-corrected chi connectivity index (χ4v) is 3.52. The van der Waals surface area contributed by atoms with E-state index in [0.717, 1.165) is 47.1 Å². The maximum absolute atomic E-state index is 5.93. The molecule has 6 nitrogen and oxygen atoms in total. The molecule has 148 valence electrons. The molecule has 2 aromatic heterocycles. The molecule has 0 aliphatic rings. The van der Waals surface area contributed by atoms with Crippen LogP contribution in [0.25, 0.3) is 22.5 Å². The molecule has 6 heteroatoms. The van der Waals surface area contributed by atoms with Crippen LogP contribution in [0.4, 0.5) is 0 Å². The summed E-state index contributed by atoms with van der Waals surface area (Å²) in [5.74, 6) is 1.77. The zero-order chi connectivity index (χ0) is 20.1. The number of rotatable bonds is 8. The predicted octanol–water partition coefficient (Wildman–Crippen LogP) is 4.67. The summed E-state index contributed by atoms with van der Waals surface area (Å²) in [6.45, 7) is 6.25. The van der Waals surface area contributed by atoms with Crippen LogP contribution >= 0.6 is 0 Å². The first-order chi connectivity index (χ1) is 14.3. The van der Waals surface area contributed by atoms with Gasteiger partial charge in [0.05, 0.1) is 30.9 Å². The van der Waals surface area contributed by atoms with Gasteiger partial charge in [-0.15, -0.1) is 10.2 Å². The van der Waals surface area contributed by atoms with E-state index < -0.39 is 0 Å². The fraction of sp³-hybridized carbons (Fsp3) is 0.261. The van der Waals surface area contributed by atoms with Crippen LogP contribution in [0.5, 0.6) is 5.75 Å². The maximum atomic E-state index is 5.93. The lowest BCUT2D eigenvalue weighted by atomic mass is 10.0. The van der Waals surface area contributed by atoms with E-state index in [9.17, 15) is 0 Å². The van der Waals surface area contributed by atoms with Crippen LogP contribution in [0.1, 0.15) is 26.1 Å². The van der Waals surface area contributed by atoms with Gasteiger partial charge in [-0.3, -0.25) is 0 Å². The van der Waals surface area contributed by atoms with Crippen LogP contribution in [0.2, 0.25) is 0 Å². The molecule has 4 rings (SSSR count). The normalized spacial score (nSPS) is 11.0. The molecule has 0 N–H and O–H groups in total. The number of nitrogens with zero attached hydrogens (tertiary/aromatic N) is 5. The molecule has 2 aromatic carbocycles. The molecule has 0 atom stereocenters. The van der Waals surface area contributed by atoms with Crippen molar-refractivity contribution in [3.63, 3.8) is 0 Å². The van der Waals surface area contributed by atoms with Crippen LogP contribution in [-0.2, 0) is 13.1 Å². The standard InChI is InChI=1S/C23H25N5O/c1-3-14-27-17-25-26-21(27)15-28-16-24-22(18-10-6-5-7-11-18)23(28)19-12-8-9-13-20(19)29-4-2/h5-13,16-17H,3-4,14-15H2,1-2H3. The molecule has 0 aliphatic heterocycles. The van der Waals surface area contributed by atoms with Gasteiger partial charge in [0.1, 0.15) is 12.1 Å². The monoisotopic (exact) mass is 387 g/mol. The van der Waals surface area contributed by atoms with E-state index >= 15 is 0 Å². The van der Waals surface area contributed by atoms with Gasteiger partial charge in [0.25, 0.3) is 0 Å². The topological polar surface area (TPSA) is 57.8 Å². The number of aromatic nitrogens is 5. The van der Waals surface area contributed by atoms with Gasteiger partial charge < -0.3 is 13.9 Å². The SMILES string of the molecule is CCCn1cnnc1Cn1cnc(-c2ccccc2)c1-c1ccccc1OCC. The molecule has 0 aliphatic carbocycles. The van der Waals surface area contributed by atoms with Crippen molar-refractivity contribution in [2.75, 3.05) is 6.61 Å². The molecule has 0 amide bonds. The quantitative estimate of drug-likeness (QED) is 0.441. The number of hydrogen-bond acceptors (Lipinski definition) is 4. The van der Waals surface area contributed by atoms with Gasteiger partial charge in [-0.2, -0.15) is 0 Å². The Morgan fingerprint density at radius 3 is 2.48 bits per heavy atom. The minimum atomic E-state index is 0.593. The van der Waals surface area contributed by atoms with Gasteiger partial charge in [-0.25, -0.2) is 4.98 Å². The Labute approximate surface area is 170 Å². The van der Waals surface area contributed by atoms with E-state index in [0.29, 0.717) is 13.2 Å². The Hall–Kier alpha value is -3.41. The first-order valence-corrected chi connectivity index (χ1v) is 10.0. The zero-order valence-electron chi connectivity index (χ0n) is 16.8. The summed E-state index contributed by atoms with van der Waals surface area (Å²) < 4.78 is 10.2. The number of aryl methyl sites for hydroxylation is 1. The number of para-hydroxylation sites is 1. The van der Waals surface area contributed by atoms with E-state index in [4.69, 9.17) is 9.72 Å². The van der Waals surface area contributed by atoms with E-state index in [1.54, 1.807) is 6.33 Å². The lowest BCUT2D eigenvalue weighted by Gasteiger charge is -2.15. The number of benzene rings is 2. The molecule has 0 radical (unpaired) electrons. The Balaban J connectivity index is 1.85. The Morgan fingerprint density at radius 1 is 0.897 bits per heavy atom. The van der Waals surface area contributed by atoms with Crippen LogP contribution in [0, 0.1) is 0 Å². The van der Waals surface area contributed by atoms with Gasteiger partial charge >= 0.3 is 0 Å². The number of imidazole rings is 1. The predicted molar refractivity (Wildman–Crippen MR) is 114 cm³/mol. The third kappa shape index (κ3) is 3.92. The van der Waals surface area contributed by atoms with Crippen LogP contribution in [0.15, 0.2) is 67.3 Å². The van der Waals surface area contributed by atoms with Crippen molar-refractivity contribution >= 4 is 0 Å². The molecule has 0 saturated carbocycles. The summed E-state index contributed by atoms with van der Waals surface area (Å²) in [6, 6.07) is 18.4. The molecule has 4 aromatic rings. The van der Waals surface area contributed by atoms with Gasteiger partial charge in [-0.05, 0) is 25.5 Å². The van der Waals surface area contributed by atoms with Gasteiger partial charge in [-0.1, -0.05) is 49.4 Å². The smallest absolute Gasteiger partial charge is 0.152 e. The summed E-state index contributed by atoms with van der Waals surface area (Å²) in [4.78, 5) is 4.77. The van der Waals surface area contributed by atoms with Crippen LogP contribution in [0.3, 0.4) is 0 Å². The van der Waals surface area contributed by atoms with E-state index in [-0.39, 0.29) is 0 Å². The number of ether oxygens (including phenoxy) is 1. The van der Waals surface area contributed by atoms with Crippen molar-refractivity contribution in [2.24, 2.45) is 0 Å². The molecule has 2 heterocycles. The van der Waals surface area contributed by atoms with E-state index in [2.05, 4.69) is 44.5 Å². The van der Waals surface area contributed by atoms with E-state index in [1.807, 2.05) is 49.6 Å². The Kier molecular flexibility index (Phi) is 5.70. The highest BCUT2D eigenvalue weighted by molar-refractivity contribution is 5.81. The Bertz CT molecular complexity index is 1070. The first-order valence-electron chi connectivity index (χ1n) is 10.0. The third-order valence-corrected chi connectivity index (χ3v) is 4.80. The van der Waals surface area contributed by atoms with Crippen molar-refractivity contribution in [1.29, 1.82) is 0 Å². The first kappa shape index (κ1) is 18.9. The lowest BCUT2D eigenvalue weighted by molar-refractivity contribution is 0.341. The lowest BCUT2D eigenvalue weighted by Crippen LogP contribution is -2.09. The summed E-state index contributed by atoms with van der Waals surface area (Å²) in [5.41, 5.74) is 4.04. The average Bonchev–Trinajstić information content (AvgIpc) is 3.37. The van der Waals surface area contributed by atoms with Gasteiger partial charge in [0.2, 0.25) is 0 Å². The van der Waals surface area contributed by atoms with Crippen LogP contribution < -0.4 is 4.74 Å². The van der Waals surface area contributed by atoms with Crippen molar-refractivity contribution < 1.29 is 4.74 Å². The van der Waals surface area contributed by atoms with Crippen molar-refractivity contribution in [1.82, 2.24) is 24.3 Å². The number of hydrogen-bond donors (Lipinski definition) is 0. The summed E-state index contributed by atoms with van der Waals surface area (Å²) in [6.07, 6.45) is 4.71. The van der Waals surface area contributed by atoms with Gasteiger partial charge in [0, 0.05) is 17.7 Å². The zero-order valence-corrected chi connectivity index (χ0v) is 16.8. The molecular formula is C23H25N5O. The molecule has 0 spiro atoms. The average molecular weight is 387 g/mol. The minimum absolute atomic E-state index is 0.593. The van der Waals surface area contributed by atoms with Crippen molar-refractivity contribution in [3.8, 4) is 28.3 Å². The second-order valence-corrected chi connectivity index (χ2v) is 6.81. The molecule has 0 unspecified atom stereocenters. The molecular weight excluding hydrogens is 362 g/mol. The molecule has 0 bridgehead atoms. The van der Waals surface area contributed by atoms with Gasteiger partial charge in [0.15, 0.2) is 5.82 Å². The Morgan fingerprint density at radius 2 is 1.69 bits per heavy atom. The highest BCUT2D eigenvalue weighted by Gasteiger charge is 2.19. The third-order valence-electron chi connectivity index (χ3n) is 4.80. The molecule has 0 saturated heterocycles. The largest absolute Gasteiger partial charge is 0.493 e. The molecule has 0 fully saturated rings. The van der Waals surface area contributed by atoms with Crippen molar-refractivity contribution in [3.05, 3.63) is 73.1 Å². The minimum Gasteiger partial charge on any atom is -0.493 e. The summed E-state index contributed by atoms with van der Waals surface area (Å²) in [5, 5.41) is 8.44. The van der Waals surface area contributed by atoms with Crippen LogP contribution in [-0.4, -0.2) is 30.9 Å². The molecule has 29 heavy (non-hydrogen) atoms. The maximum Gasteiger partial charge on any atom is 0.152 e. The van der Waals surface area contributed by atoms with Crippen molar-refractivity contribution in [2.45, 2.75) is 33.4 Å². The second-order valence-electron chi connectivity index (χ2n) is 6.81. The highest BCUT2D eigenvalue weighted by atomic mass is 16.5. The highest BCUT2D eigenvalue weighted by Crippen LogP contribution is 2.37. The second kappa shape index (κ2) is 8.73. The fourth-order valence-electron chi connectivity index (χ4n) is 3.52. The van der Waals surface area contributed by atoms with E-state index in [1.165, 1.54) is 0 Å². The summed E-state index contributed by atoms with van der Waals surface area (Å²) >= 11 is 0. The summed E-state index contributed by atoms with van der Waals surface area (Å²) in [7, 11) is 0.